The molecule has 0 amide bonds. The molecule has 0 bridgehead atoms. The van der Waals surface area contributed by atoms with Gasteiger partial charge >= 0.3 is 0 Å². The van der Waals surface area contributed by atoms with Gasteiger partial charge in [-0.2, -0.15) is 0 Å². The van der Waals surface area contributed by atoms with Gasteiger partial charge in [0.1, 0.15) is 11.6 Å². The molecule has 0 atom stereocenters. The van der Waals surface area contributed by atoms with Crippen LogP contribution in [0.15, 0.2) is 34.8 Å². The zero-order chi connectivity index (χ0) is 13.1. The van der Waals surface area contributed by atoms with Crippen LogP contribution >= 0.6 is 27.5 Å². The molecule has 2 N–H and O–H groups in total. The minimum Gasteiger partial charge on any atom is -0.438 e. The standard InChI is InChI=1S/C12H9BrClFN2O/c13-8-5-7(15)1-3-11(8)18-12-4-2-9(14)10(6-16)17-12/h1-5H,6,16H2. The Kier molecular flexibility index (Phi) is 4.16. The van der Waals surface area contributed by atoms with E-state index in [4.69, 9.17) is 22.1 Å². The van der Waals surface area contributed by atoms with E-state index in [0.717, 1.165) is 0 Å². The summed E-state index contributed by atoms with van der Waals surface area (Å²) in [5, 5.41) is 0.489. The van der Waals surface area contributed by atoms with Crippen LogP contribution in [0.1, 0.15) is 5.69 Å². The first-order valence-electron chi connectivity index (χ1n) is 5.08. The van der Waals surface area contributed by atoms with Crippen LogP contribution in [0.5, 0.6) is 11.6 Å². The van der Waals surface area contributed by atoms with Crippen molar-refractivity contribution in [1.82, 2.24) is 4.98 Å². The third kappa shape index (κ3) is 2.98. The maximum atomic E-state index is 12.9. The topological polar surface area (TPSA) is 48.1 Å². The number of halogens is 3. The highest BCUT2D eigenvalue weighted by Gasteiger charge is 2.07. The third-order valence-electron chi connectivity index (χ3n) is 2.19. The second-order valence-electron chi connectivity index (χ2n) is 3.46. The zero-order valence-corrected chi connectivity index (χ0v) is 11.5. The van der Waals surface area contributed by atoms with E-state index in [-0.39, 0.29) is 12.4 Å². The molecular formula is C12H9BrClFN2O. The summed E-state index contributed by atoms with van der Waals surface area (Å²) in [6.07, 6.45) is 0. The summed E-state index contributed by atoms with van der Waals surface area (Å²) in [4.78, 5) is 4.16. The lowest BCUT2D eigenvalue weighted by Gasteiger charge is -2.08. The average molecular weight is 332 g/mol. The van der Waals surface area contributed by atoms with Gasteiger partial charge in [0.25, 0.3) is 0 Å². The van der Waals surface area contributed by atoms with Crippen molar-refractivity contribution in [1.29, 1.82) is 0 Å². The third-order valence-corrected chi connectivity index (χ3v) is 3.16. The van der Waals surface area contributed by atoms with Crippen LogP contribution in [0.25, 0.3) is 0 Å². The van der Waals surface area contributed by atoms with E-state index < -0.39 is 0 Å². The summed E-state index contributed by atoms with van der Waals surface area (Å²) in [5.74, 6) is 0.474. The number of benzene rings is 1. The first-order chi connectivity index (χ1) is 8.60. The first kappa shape index (κ1) is 13.3. The Labute approximate surface area is 117 Å². The van der Waals surface area contributed by atoms with E-state index in [0.29, 0.717) is 26.8 Å². The van der Waals surface area contributed by atoms with Crippen LogP contribution in [-0.4, -0.2) is 4.98 Å². The molecule has 0 aliphatic rings. The van der Waals surface area contributed by atoms with Crippen LogP contribution in [0, 0.1) is 5.82 Å². The molecule has 0 aliphatic carbocycles. The van der Waals surface area contributed by atoms with Crippen molar-refractivity contribution >= 4 is 27.5 Å². The van der Waals surface area contributed by atoms with Gasteiger partial charge < -0.3 is 10.5 Å². The van der Waals surface area contributed by atoms with Crippen LogP contribution < -0.4 is 10.5 Å². The molecule has 0 fully saturated rings. The summed E-state index contributed by atoms with van der Waals surface area (Å²) in [5.41, 5.74) is 6.05. The van der Waals surface area contributed by atoms with E-state index in [1.165, 1.54) is 18.2 Å². The molecule has 3 nitrogen and oxygen atoms in total. The monoisotopic (exact) mass is 330 g/mol. The second kappa shape index (κ2) is 5.65. The minimum atomic E-state index is -0.346. The largest absolute Gasteiger partial charge is 0.438 e. The van der Waals surface area contributed by atoms with E-state index >= 15 is 0 Å². The van der Waals surface area contributed by atoms with Crippen molar-refractivity contribution in [2.24, 2.45) is 5.73 Å². The fourth-order valence-corrected chi connectivity index (χ4v) is 1.95. The van der Waals surface area contributed by atoms with E-state index in [1.807, 2.05) is 0 Å². The van der Waals surface area contributed by atoms with Crippen LogP contribution in [0.3, 0.4) is 0 Å². The summed E-state index contributed by atoms with van der Waals surface area (Å²) >= 11 is 9.11. The Hall–Kier alpha value is -1.17. The molecular weight excluding hydrogens is 322 g/mol. The van der Waals surface area contributed by atoms with Crippen LogP contribution in [0.2, 0.25) is 5.02 Å². The van der Waals surface area contributed by atoms with Crippen molar-refractivity contribution in [3.8, 4) is 11.6 Å². The Morgan fingerprint density at radius 3 is 2.78 bits per heavy atom. The smallest absolute Gasteiger partial charge is 0.219 e. The molecule has 94 valence electrons. The number of ether oxygens (including phenoxy) is 1. The fourth-order valence-electron chi connectivity index (χ4n) is 1.33. The summed E-state index contributed by atoms with van der Waals surface area (Å²) in [7, 11) is 0. The maximum absolute atomic E-state index is 12.9. The number of nitrogens with zero attached hydrogens (tertiary/aromatic N) is 1. The Balaban J connectivity index is 2.28. The molecule has 18 heavy (non-hydrogen) atoms. The molecule has 0 spiro atoms. The van der Waals surface area contributed by atoms with Crippen LogP contribution in [0.4, 0.5) is 4.39 Å². The molecule has 1 heterocycles. The fraction of sp³-hybridized carbons (Fsp3) is 0.0833. The number of pyridine rings is 1. The van der Waals surface area contributed by atoms with Gasteiger partial charge in [0.2, 0.25) is 5.88 Å². The molecule has 0 saturated carbocycles. The molecule has 0 radical (unpaired) electrons. The number of hydrogen-bond donors (Lipinski definition) is 1. The van der Waals surface area contributed by atoms with Crippen molar-refractivity contribution in [3.63, 3.8) is 0 Å². The lowest BCUT2D eigenvalue weighted by atomic mass is 10.3. The quantitative estimate of drug-likeness (QED) is 0.928. The highest BCUT2D eigenvalue weighted by molar-refractivity contribution is 9.10. The van der Waals surface area contributed by atoms with Crippen molar-refractivity contribution < 1.29 is 9.13 Å². The lowest BCUT2D eigenvalue weighted by molar-refractivity contribution is 0.456. The molecule has 0 unspecified atom stereocenters. The van der Waals surface area contributed by atoms with Crippen molar-refractivity contribution in [3.05, 3.63) is 51.3 Å². The van der Waals surface area contributed by atoms with Crippen LogP contribution in [-0.2, 0) is 6.54 Å². The molecule has 1 aromatic carbocycles. The average Bonchev–Trinajstić information content (AvgIpc) is 2.35. The summed E-state index contributed by atoms with van der Waals surface area (Å²) < 4.78 is 19.0. The molecule has 2 aromatic rings. The van der Waals surface area contributed by atoms with Gasteiger partial charge in [-0.3, -0.25) is 0 Å². The van der Waals surface area contributed by atoms with Gasteiger partial charge in [-0.05, 0) is 40.2 Å². The molecule has 2 rings (SSSR count). The van der Waals surface area contributed by atoms with Gasteiger partial charge in [0, 0.05) is 12.6 Å². The maximum Gasteiger partial charge on any atom is 0.219 e. The number of rotatable bonds is 3. The normalized spacial score (nSPS) is 10.4. The Bertz CT molecular complexity index is 580. The molecule has 0 aliphatic heterocycles. The van der Waals surface area contributed by atoms with Gasteiger partial charge in [-0.1, -0.05) is 11.6 Å². The van der Waals surface area contributed by atoms with E-state index in [1.54, 1.807) is 12.1 Å². The Morgan fingerprint density at radius 1 is 1.33 bits per heavy atom. The van der Waals surface area contributed by atoms with Gasteiger partial charge in [0.15, 0.2) is 0 Å². The predicted octanol–water partition coefficient (Wildman–Crippen LogP) is 3.89. The first-order valence-corrected chi connectivity index (χ1v) is 6.25. The Morgan fingerprint density at radius 2 is 2.11 bits per heavy atom. The predicted molar refractivity (Wildman–Crippen MR) is 71.3 cm³/mol. The second-order valence-corrected chi connectivity index (χ2v) is 4.72. The molecule has 0 saturated heterocycles. The number of hydrogen-bond acceptors (Lipinski definition) is 3. The minimum absolute atomic E-state index is 0.223. The number of nitrogens with two attached hydrogens (primary N) is 1. The highest BCUT2D eigenvalue weighted by Crippen LogP contribution is 2.30. The molecule has 6 heteroatoms. The lowest BCUT2D eigenvalue weighted by Crippen LogP contribution is -2.01. The summed E-state index contributed by atoms with van der Waals surface area (Å²) in [6, 6.07) is 7.41. The number of aromatic nitrogens is 1. The van der Waals surface area contributed by atoms with Crippen molar-refractivity contribution in [2.75, 3.05) is 0 Å². The zero-order valence-electron chi connectivity index (χ0n) is 9.16. The summed E-state index contributed by atoms with van der Waals surface area (Å²) in [6.45, 7) is 0.223. The van der Waals surface area contributed by atoms with E-state index in [9.17, 15) is 4.39 Å². The van der Waals surface area contributed by atoms with Crippen molar-refractivity contribution in [2.45, 2.75) is 6.54 Å². The SMILES string of the molecule is NCc1nc(Oc2ccc(F)cc2Br)ccc1Cl. The van der Waals surface area contributed by atoms with E-state index in [2.05, 4.69) is 20.9 Å². The van der Waals surface area contributed by atoms with Gasteiger partial charge in [-0.25, -0.2) is 9.37 Å². The molecule has 1 aromatic heterocycles. The van der Waals surface area contributed by atoms with Gasteiger partial charge in [0.05, 0.1) is 15.2 Å². The van der Waals surface area contributed by atoms with Gasteiger partial charge in [-0.15, -0.1) is 0 Å². The highest BCUT2D eigenvalue weighted by atomic mass is 79.9.